The van der Waals surface area contributed by atoms with E-state index in [2.05, 4.69) is 0 Å². The van der Waals surface area contributed by atoms with Gasteiger partial charge >= 0.3 is 0 Å². The van der Waals surface area contributed by atoms with Crippen molar-refractivity contribution in [2.45, 2.75) is 50.8 Å². The van der Waals surface area contributed by atoms with E-state index in [4.69, 9.17) is 4.74 Å². The van der Waals surface area contributed by atoms with Crippen LogP contribution in [0.15, 0.2) is 0 Å². The molecule has 0 bridgehead atoms. The van der Waals surface area contributed by atoms with Gasteiger partial charge in [-0.15, -0.1) is 0 Å². The first kappa shape index (κ1) is 9.92. The van der Waals surface area contributed by atoms with Gasteiger partial charge in [0.15, 0.2) is 0 Å². The van der Waals surface area contributed by atoms with Crippen LogP contribution in [0.1, 0.15) is 20.3 Å². The van der Waals surface area contributed by atoms with Crippen molar-refractivity contribution in [3.8, 4) is 0 Å². The van der Waals surface area contributed by atoms with Gasteiger partial charge in [-0.1, -0.05) is 6.92 Å². The first-order chi connectivity index (χ1) is 5.57. The molecule has 12 heavy (non-hydrogen) atoms. The summed E-state index contributed by atoms with van der Waals surface area (Å²) in [6.07, 6.45) is -3.18. The summed E-state index contributed by atoms with van der Waals surface area (Å²) in [5, 5.41) is 28.0. The zero-order valence-corrected chi connectivity index (χ0v) is 7.34. The van der Waals surface area contributed by atoms with Gasteiger partial charge in [-0.2, -0.15) is 0 Å². The fraction of sp³-hybridized carbons (Fsp3) is 1.00. The molecule has 0 saturated carbocycles. The van der Waals surface area contributed by atoms with E-state index >= 15 is 0 Å². The fourth-order valence-electron chi connectivity index (χ4n) is 1.47. The Labute approximate surface area is 71.8 Å². The van der Waals surface area contributed by atoms with Crippen molar-refractivity contribution in [1.29, 1.82) is 0 Å². The molecule has 4 nitrogen and oxygen atoms in total. The SMILES string of the molecule is CCC1O[C@@H](C)C(O)[C@H](O)[C@@H]1O. The molecule has 4 heteroatoms. The van der Waals surface area contributed by atoms with Crippen molar-refractivity contribution in [2.75, 3.05) is 0 Å². The van der Waals surface area contributed by atoms with Gasteiger partial charge in [0, 0.05) is 0 Å². The number of hydrogen-bond donors (Lipinski definition) is 3. The summed E-state index contributed by atoms with van der Waals surface area (Å²) in [5.74, 6) is 0. The average molecular weight is 176 g/mol. The lowest BCUT2D eigenvalue weighted by Crippen LogP contribution is -2.56. The average Bonchev–Trinajstić information content (AvgIpc) is 2.08. The summed E-state index contributed by atoms with van der Waals surface area (Å²) in [6, 6.07) is 0. The van der Waals surface area contributed by atoms with Gasteiger partial charge in [-0.3, -0.25) is 0 Å². The zero-order valence-electron chi connectivity index (χ0n) is 7.34. The maximum absolute atomic E-state index is 9.39. The summed E-state index contributed by atoms with van der Waals surface area (Å²) >= 11 is 0. The van der Waals surface area contributed by atoms with E-state index in [1.165, 1.54) is 0 Å². The van der Waals surface area contributed by atoms with E-state index in [9.17, 15) is 15.3 Å². The molecular weight excluding hydrogens is 160 g/mol. The molecule has 1 aliphatic rings. The number of rotatable bonds is 1. The van der Waals surface area contributed by atoms with Crippen LogP contribution in [0.3, 0.4) is 0 Å². The highest BCUT2D eigenvalue weighted by atomic mass is 16.5. The Bertz CT molecular complexity index is 145. The summed E-state index contributed by atoms with van der Waals surface area (Å²) in [4.78, 5) is 0. The third-order valence-corrected chi connectivity index (χ3v) is 2.35. The molecule has 3 N–H and O–H groups in total. The molecule has 1 saturated heterocycles. The molecule has 0 aliphatic carbocycles. The predicted octanol–water partition coefficient (Wildman–Crippen LogP) is -0.734. The van der Waals surface area contributed by atoms with Crippen LogP contribution in [0, 0.1) is 0 Å². The third kappa shape index (κ3) is 1.61. The van der Waals surface area contributed by atoms with Gasteiger partial charge in [-0.25, -0.2) is 0 Å². The van der Waals surface area contributed by atoms with Crippen molar-refractivity contribution in [3.05, 3.63) is 0 Å². The van der Waals surface area contributed by atoms with Crippen LogP contribution < -0.4 is 0 Å². The first-order valence-electron chi connectivity index (χ1n) is 4.27. The molecule has 1 rings (SSSR count). The maximum atomic E-state index is 9.39. The lowest BCUT2D eigenvalue weighted by atomic mass is 9.94. The Morgan fingerprint density at radius 3 is 2.17 bits per heavy atom. The number of aliphatic hydroxyl groups excluding tert-OH is 3. The number of hydrogen-bond acceptors (Lipinski definition) is 4. The molecule has 0 aromatic rings. The van der Waals surface area contributed by atoms with Crippen molar-refractivity contribution < 1.29 is 20.1 Å². The third-order valence-electron chi connectivity index (χ3n) is 2.35. The molecule has 0 spiro atoms. The van der Waals surface area contributed by atoms with Crippen molar-refractivity contribution >= 4 is 0 Å². The number of aliphatic hydroxyl groups is 3. The molecule has 1 heterocycles. The highest BCUT2D eigenvalue weighted by molar-refractivity contribution is 4.89. The van der Waals surface area contributed by atoms with Crippen molar-refractivity contribution in [1.82, 2.24) is 0 Å². The van der Waals surface area contributed by atoms with Gasteiger partial charge in [0.2, 0.25) is 0 Å². The first-order valence-corrected chi connectivity index (χ1v) is 4.27. The Balaban J connectivity index is 2.63. The van der Waals surface area contributed by atoms with Crippen molar-refractivity contribution in [3.63, 3.8) is 0 Å². The second-order valence-electron chi connectivity index (χ2n) is 3.26. The second kappa shape index (κ2) is 3.70. The lowest BCUT2D eigenvalue weighted by molar-refractivity contribution is -0.217. The minimum atomic E-state index is -1.08. The largest absolute Gasteiger partial charge is 0.388 e. The van der Waals surface area contributed by atoms with E-state index in [1.54, 1.807) is 6.92 Å². The quantitative estimate of drug-likeness (QED) is 0.492. The second-order valence-corrected chi connectivity index (χ2v) is 3.26. The van der Waals surface area contributed by atoms with Crippen LogP contribution in [-0.2, 0) is 4.74 Å². The fourth-order valence-corrected chi connectivity index (χ4v) is 1.47. The predicted molar refractivity (Wildman–Crippen MR) is 42.6 cm³/mol. The molecular formula is C8H16O4. The van der Waals surface area contributed by atoms with Gasteiger partial charge < -0.3 is 20.1 Å². The minimum absolute atomic E-state index is 0.363. The topological polar surface area (TPSA) is 69.9 Å². The van der Waals surface area contributed by atoms with E-state index < -0.39 is 24.4 Å². The molecule has 2 unspecified atom stereocenters. The highest BCUT2D eigenvalue weighted by Crippen LogP contribution is 2.22. The summed E-state index contributed by atoms with van der Waals surface area (Å²) in [6.45, 7) is 3.55. The molecule has 72 valence electrons. The highest BCUT2D eigenvalue weighted by Gasteiger charge is 2.40. The number of ether oxygens (including phenoxy) is 1. The lowest BCUT2D eigenvalue weighted by Gasteiger charge is -2.39. The molecule has 0 aromatic heterocycles. The zero-order chi connectivity index (χ0) is 9.30. The molecule has 0 radical (unpaired) electrons. The Morgan fingerprint density at radius 2 is 1.67 bits per heavy atom. The van der Waals surface area contributed by atoms with Crippen molar-refractivity contribution in [2.24, 2.45) is 0 Å². The van der Waals surface area contributed by atoms with Crippen LogP contribution in [0.25, 0.3) is 0 Å². The van der Waals surface area contributed by atoms with E-state index in [0.717, 1.165) is 0 Å². The van der Waals surface area contributed by atoms with Gasteiger partial charge in [0.25, 0.3) is 0 Å². The monoisotopic (exact) mass is 176 g/mol. The van der Waals surface area contributed by atoms with E-state index in [-0.39, 0.29) is 6.10 Å². The van der Waals surface area contributed by atoms with Crippen LogP contribution in [0.2, 0.25) is 0 Å². The summed E-state index contributed by atoms with van der Waals surface area (Å²) in [7, 11) is 0. The molecule has 1 aliphatic heterocycles. The van der Waals surface area contributed by atoms with Gasteiger partial charge in [-0.05, 0) is 13.3 Å². The molecule has 1 fully saturated rings. The summed E-state index contributed by atoms with van der Waals surface area (Å²) < 4.78 is 5.27. The maximum Gasteiger partial charge on any atom is 0.111 e. The van der Waals surface area contributed by atoms with Gasteiger partial charge in [0.05, 0.1) is 12.2 Å². The van der Waals surface area contributed by atoms with Crippen LogP contribution >= 0.6 is 0 Å². The Morgan fingerprint density at radius 1 is 1.08 bits per heavy atom. The minimum Gasteiger partial charge on any atom is -0.388 e. The Kier molecular flexibility index (Phi) is 3.06. The smallest absolute Gasteiger partial charge is 0.111 e. The van der Waals surface area contributed by atoms with E-state index in [0.29, 0.717) is 6.42 Å². The van der Waals surface area contributed by atoms with Crippen LogP contribution in [0.4, 0.5) is 0 Å². The molecule has 0 aromatic carbocycles. The van der Waals surface area contributed by atoms with Crippen LogP contribution in [-0.4, -0.2) is 45.8 Å². The molecule has 5 atom stereocenters. The van der Waals surface area contributed by atoms with Crippen LogP contribution in [0.5, 0.6) is 0 Å². The summed E-state index contributed by atoms with van der Waals surface area (Å²) in [5.41, 5.74) is 0. The standard InChI is InChI=1S/C8H16O4/c1-3-5-7(10)8(11)6(9)4(2)12-5/h4-11H,3H2,1-2H3/t4-,5?,6?,7+,8-/m0/s1. The normalized spacial score (nSPS) is 49.2. The van der Waals surface area contributed by atoms with E-state index in [1.807, 2.05) is 6.92 Å². The Hall–Kier alpha value is -0.160. The molecule has 0 amide bonds. The van der Waals surface area contributed by atoms with Gasteiger partial charge in [0.1, 0.15) is 18.3 Å².